The summed E-state index contributed by atoms with van der Waals surface area (Å²) in [7, 11) is 0. The van der Waals surface area contributed by atoms with Gasteiger partial charge in [-0.05, 0) is 42.2 Å². The Hall–Kier alpha value is -1.56. The molecule has 0 aliphatic rings. The van der Waals surface area contributed by atoms with Crippen molar-refractivity contribution < 1.29 is 0 Å². The molecule has 0 aromatic heterocycles. The van der Waals surface area contributed by atoms with Gasteiger partial charge >= 0.3 is 0 Å². The highest BCUT2D eigenvalue weighted by Gasteiger charge is 2.18. The van der Waals surface area contributed by atoms with Crippen LogP contribution in [0.5, 0.6) is 0 Å². The Kier molecular flexibility index (Phi) is 5.86. The zero-order chi connectivity index (χ0) is 14.2. The second kappa shape index (κ2) is 7.89. The van der Waals surface area contributed by atoms with Crippen molar-refractivity contribution in [1.29, 1.82) is 0 Å². The molecule has 2 atom stereocenters. The molecule has 0 spiro atoms. The summed E-state index contributed by atoms with van der Waals surface area (Å²) in [6.45, 7) is 4.70. The van der Waals surface area contributed by atoms with Crippen LogP contribution in [0.4, 0.5) is 0 Å². The van der Waals surface area contributed by atoms with Crippen LogP contribution in [0.15, 0.2) is 60.7 Å². The molecule has 0 nitrogen and oxygen atoms in total. The number of benzene rings is 2. The van der Waals surface area contributed by atoms with Crippen LogP contribution in [0, 0.1) is 5.92 Å². The van der Waals surface area contributed by atoms with E-state index in [9.17, 15) is 0 Å². The molecular weight excluding hydrogens is 240 g/mol. The number of aryl methyl sites for hydroxylation is 1. The first-order valence-electron chi connectivity index (χ1n) is 7.90. The van der Waals surface area contributed by atoms with Gasteiger partial charge in [-0.2, -0.15) is 0 Å². The quantitative estimate of drug-likeness (QED) is 0.590. The maximum atomic E-state index is 2.41. The Morgan fingerprint density at radius 1 is 0.800 bits per heavy atom. The Morgan fingerprint density at radius 2 is 1.40 bits per heavy atom. The molecule has 2 aromatic carbocycles. The lowest BCUT2D eigenvalue weighted by atomic mass is 9.81. The maximum absolute atomic E-state index is 2.41. The summed E-state index contributed by atoms with van der Waals surface area (Å²) in [5.41, 5.74) is 2.97. The third-order valence-electron chi connectivity index (χ3n) is 4.25. The topological polar surface area (TPSA) is 0 Å². The molecule has 0 fully saturated rings. The van der Waals surface area contributed by atoms with Crippen molar-refractivity contribution in [3.05, 3.63) is 71.8 Å². The van der Waals surface area contributed by atoms with Crippen molar-refractivity contribution in [2.75, 3.05) is 0 Å². The van der Waals surface area contributed by atoms with Crippen LogP contribution in [-0.2, 0) is 6.42 Å². The van der Waals surface area contributed by atoms with Gasteiger partial charge in [-0.3, -0.25) is 0 Å². The lowest BCUT2D eigenvalue weighted by Crippen LogP contribution is -2.11. The summed E-state index contributed by atoms with van der Waals surface area (Å²) in [4.78, 5) is 0. The molecular formula is C20H26. The molecule has 2 rings (SSSR count). The largest absolute Gasteiger partial charge is 0.0654 e. The highest BCUT2D eigenvalue weighted by Crippen LogP contribution is 2.32. The minimum absolute atomic E-state index is 0.699. The van der Waals surface area contributed by atoms with E-state index in [1.54, 1.807) is 0 Å². The molecule has 0 radical (unpaired) electrons. The molecule has 2 unspecified atom stereocenters. The molecule has 0 bridgehead atoms. The Balaban J connectivity index is 1.99. The highest BCUT2D eigenvalue weighted by atomic mass is 14.2. The molecule has 20 heavy (non-hydrogen) atoms. The lowest BCUT2D eigenvalue weighted by molar-refractivity contribution is 0.405. The monoisotopic (exact) mass is 266 g/mol. The Bertz CT molecular complexity index is 472. The van der Waals surface area contributed by atoms with Crippen LogP contribution in [0.1, 0.15) is 50.2 Å². The Labute approximate surface area is 123 Å². The fraction of sp³-hybridized carbons (Fsp3) is 0.400. The summed E-state index contributed by atoms with van der Waals surface area (Å²) in [5, 5.41) is 0. The summed E-state index contributed by atoms with van der Waals surface area (Å²) in [6, 6.07) is 21.9. The van der Waals surface area contributed by atoms with Crippen LogP contribution in [0.3, 0.4) is 0 Å². The first-order valence-corrected chi connectivity index (χ1v) is 7.90. The van der Waals surface area contributed by atoms with E-state index in [1.165, 1.54) is 36.8 Å². The molecule has 0 amide bonds. The first kappa shape index (κ1) is 14.8. The van der Waals surface area contributed by atoms with E-state index in [0.29, 0.717) is 5.92 Å². The Morgan fingerprint density at radius 3 is 2.00 bits per heavy atom. The highest BCUT2D eigenvalue weighted by molar-refractivity contribution is 5.20. The average Bonchev–Trinajstić information content (AvgIpc) is 2.52. The summed E-state index contributed by atoms with van der Waals surface area (Å²) in [5.74, 6) is 1.43. The van der Waals surface area contributed by atoms with Crippen molar-refractivity contribution in [2.45, 2.75) is 45.4 Å². The van der Waals surface area contributed by atoms with Gasteiger partial charge in [-0.1, -0.05) is 80.9 Å². The van der Waals surface area contributed by atoms with E-state index in [1.807, 2.05) is 0 Å². The van der Waals surface area contributed by atoms with Crippen LogP contribution in [0.2, 0.25) is 0 Å². The van der Waals surface area contributed by atoms with E-state index >= 15 is 0 Å². The van der Waals surface area contributed by atoms with Crippen molar-refractivity contribution in [3.8, 4) is 0 Å². The van der Waals surface area contributed by atoms with Gasteiger partial charge in [0, 0.05) is 0 Å². The number of hydrogen-bond acceptors (Lipinski definition) is 0. The van der Waals surface area contributed by atoms with Crippen LogP contribution >= 0.6 is 0 Å². The van der Waals surface area contributed by atoms with Gasteiger partial charge < -0.3 is 0 Å². The van der Waals surface area contributed by atoms with Crippen LogP contribution in [-0.4, -0.2) is 0 Å². The van der Waals surface area contributed by atoms with Crippen molar-refractivity contribution in [3.63, 3.8) is 0 Å². The molecule has 0 aliphatic heterocycles. The molecule has 0 N–H and O–H groups in total. The molecule has 2 aromatic rings. The minimum Gasteiger partial charge on any atom is -0.0654 e. The van der Waals surface area contributed by atoms with Crippen molar-refractivity contribution in [1.82, 2.24) is 0 Å². The smallest absolute Gasteiger partial charge is 0.0136 e. The van der Waals surface area contributed by atoms with Gasteiger partial charge in [0.2, 0.25) is 0 Å². The van der Waals surface area contributed by atoms with Gasteiger partial charge in [0.25, 0.3) is 0 Å². The summed E-state index contributed by atoms with van der Waals surface area (Å²) in [6.07, 6.45) is 5.01. The first-order chi connectivity index (χ1) is 9.81. The zero-order valence-electron chi connectivity index (χ0n) is 12.8. The summed E-state index contributed by atoms with van der Waals surface area (Å²) >= 11 is 0. The molecule has 0 heterocycles. The normalized spacial score (nSPS) is 13.9. The fourth-order valence-corrected chi connectivity index (χ4v) is 3.03. The van der Waals surface area contributed by atoms with E-state index < -0.39 is 0 Å². The van der Waals surface area contributed by atoms with E-state index in [-0.39, 0.29) is 0 Å². The van der Waals surface area contributed by atoms with Gasteiger partial charge in [0.1, 0.15) is 0 Å². The fourth-order valence-electron chi connectivity index (χ4n) is 3.03. The van der Waals surface area contributed by atoms with Gasteiger partial charge in [0.15, 0.2) is 0 Å². The second-order valence-corrected chi connectivity index (χ2v) is 5.81. The minimum atomic E-state index is 0.699. The van der Waals surface area contributed by atoms with E-state index in [4.69, 9.17) is 0 Å². The molecule has 0 saturated carbocycles. The SMILES string of the molecule is CCCC(c1ccccc1)C(C)CCc1ccccc1. The molecule has 106 valence electrons. The number of hydrogen-bond donors (Lipinski definition) is 0. The maximum Gasteiger partial charge on any atom is -0.0136 e. The summed E-state index contributed by atoms with van der Waals surface area (Å²) < 4.78 is 0. The zero-order valence-corrected chi connectivity index (χ0v) is 12.8. The van der Waals surface area contributed by atoms with Crippen LogP contribution < -0.4 is 0 Å². The third-order valence-corrected chi connectivity index (χ3v) is 4.25. The van der Waals surface area contributed by atoms with E-state index in [2.05, 4.69) is 74.5 Å². The average molecular weight is 266 g/mol. The van der Waals surface area contributed by atoms with E-state index in [0.717, 1.165) is 5.92 Å². The van der Waals surface area contributed by atoms with Gasteiger partial charge in [-0.15, -0.1) is 0 Å². The number of rotatable bonds is 7. The predicted molar refractivity (Wildman–Crippen MR) is 88.0 cm³/mol. The van der Waals surface area contributed by atoms with Gasteiger partial charge in [-0.25, -0.2) is 0 Å². The van der Waals surface area contributed by atoms with Crippen LogP contribution in [0.25, 0.3) is 0 Å². The second-order valence-electron chi connectivity index (χ2n) is 5.81. The van der Waals surface area contributed by atoms with Crippen molar-refractivity contribution in [2.24, 2.45) is 5.92 Å². The lowest BCUT2D eigenvalue weighted by Gasteiger charge is -2.24. The molecule has 0 heteroatoms. The molecule has 0 saturated heterocycles. The van der Waals surface area contributed by atoms with Crippen molar-refractivity contribution >= 4 is 0 Å². The standard InChI is InChI=1S/C20H26/c1-3-10-20(19-13-8-5-9-14-19)17(2)15-16-18-11-6-4-7-12-18/h4-9,11-14,17,20H,3,10,15-16H2,1-2H3. The molecule has 0 aliphatic carbocycles. The van der Waals surface area contributed by atoms with Gasteiger partial charge in [0.05, 0.1) is 0 Å². The predicted octanol–water partition coefficient (Wildman–Crippen LogP) is 5.84. The third kappa shape index (κ3) is 4.23.